The molecule has 2 heterocycles. The van der Waals surface area contributed by atoms with Crippen molar-refractivity contribution in [2.75, 3.05) is 45.2 Å². The normalized spacial score (nSPS) is 15.4. The second-order valence-electron chi connectivity index (χ2n) is 8.33. The van der Waals surface area contributed by atoms with Gasteiger partial charge in [0.15, 0.2) is 11.5 Å². The molecular weight excluding hydrogens is 460 g/mol. The highest BCUT2D eigenvalue weighted by Crippen LogP contribution is 2.42. The molecule has 1 aliphatic rings. The van der Waals surface area contributed by atoms with Crippen LogP contribution in [0.15, 0.2) is 17.5 Å². The summed E-state index contributed by atoms with van der Waals surface area (Å²) in [4.78, 5) is 39.8. The fraction of sp³-hybridized carbons (Fsp3) is 0.458. The molecule has 2 aromatic rings. The van der Waals surface area contributed by atoms with Gasteiger partial charge in [0.05, 0.1) is 45.6 Å². The van der Waals surface area contributed by atoms with Crippen LogP contribution < -0.4 is 24.4 Å². The van der Waals surface area contributed by atoms with Crippen molar-refractivity contribution in [3.63, 3.8) is 0 Å². The number of amides is 2. The van der Waals surface area contributed by atoms with Gasteiger partial charge in [-0.3, -0.25) is 9.59 Å². The monoisotopic (exact) mass is 490 g/mol. The van der Waals surface area contributed by atoms with Gasteiger partial charge in [0.2, 0.25) is 17.6 Å². The third kappa shape index (κ3) is 5.11. The topological polar surface area (TPSA) is 103 Å². The predicted molar refractivity (Wildman–Crippen MR) is 129 cm³/mol. The number of carbonyl (C=O) groups excluding carboxylic acids is 3. The van der Waals surface area contributed by atoms with Crippen LogP contribution in [0.25, 0.3) is 0 Å². The Kier molecular flexibility index (Phi) is 8.03. The number of carbonyl (C=O) groups is 3. The van der Waals surface area contributed by atoms with E-state index < -0.39 is 11.9 Å². The van der Waals surface area contributed by atoms with E-state index in [-0.39, 0.29) is 24.8 Å². The largest absolute Gasteiger partial charge is 0.493 e. The summed E-state index contributed by atoms with van der Waals surface area (Å²) in [6.45, 7) is 4.29. The summed E-state index contributed by atoms with van der Waals surface area (Å²) in [5.74, 6) is -0.0313. The minimum atomic E-state index is -0.590. The Hall–Kier alpha value is -3.27. The fourth-order valence-electron chi connectivity index (χ4n) is 3.97. The van der Waals surface area contributed by atoms with Crippen molar-refractivity contribution in [3.05, 3.63) is 28.6 Å². The second-order valence-corrected chi connectivity index (χ2v) is 9.21. The Morgan fingerprint density at radius 3 is 2.29 bits per heavy atom. The summed E-state index contributed by atoms with van der Waals surface area (Å²) in [6.07, 6.45) is 0.730. The number of rotatable bonds is 9. The van der Waals surface area contributed by atoms with Crippen molar-refractivity contribution in [2.45, 2.75) is 26.7 Å². The number of hydrogen-bond acceptors (Lipinski definition) is 8. The molecule has 1 N–H and O–H groups in total. The molecule has 1 fully saturated rings. The number of anilines is 2. The SMILES string of the molecule is COC(=O)c1c(CC(C)C)csc1NC(=O)C1CC(=O)N(c2cc(OC)c(OC)c(OC)c2)C1. The first-order valence-corrected chi connectivity index (χ1v) is 11.7. The molecule has 1 aromatic carbocycles. The van der Waals surface area contributed by atoms with E-state index in [9.17, 15) is 14.4 Å². The number of methoxy groups -OCH3 is 4. The molecule has 1 saturated heterocycles. The van der Waals surface area contributed by atoms with E-state index in [2.05, 4.69) is 19.2 Å². The highest BCUT2D eigenvalue weighted by molar-refractivity contribution is 7.15. The molecule has 1 aromatic heterocycles. The molecule has 0 saturated carbocycles. The number of nitrogens with one attached hydrogen (secondary N) is 1. The van der Waals surface area contributed by atoms with E-state index in [0.29, 0.717) is 45.8 Å². The summed E-state index contributed by atoms with van der Waals surface area (Å²) in [6, 6.07) is 3.35. The van der Waals surface area contributed by atoms with E-state index in [1.165, 1.54) is 44.7 Å². The van der Waals surface area contributed by atoms with Gasteiger partial charge in [-0.25, -0.2) is 4.79 Å². The number of ether oxygens (including phenoxy) is 4. The minimum absolute atomic E-state index is 0.0419. The molecule has 2 amide bonds. The molecule has 0 radical (unpaired) electrons. The van der Waals surface area contributed by atoms with Gasteiger partial charge in [-0.15, -0.1) is 11.3 Å². The second kappa shape index (κ2) is 10.8. The highest BCUT2D eigenvalue weighted by Gasteiger charge is 2.37. The average molecular weight is 491 g/mol. The van der Waals surface area contributed by atoms with Crippen molar-refractivity contribution in [2.24, 2.45) is 11.8 Å². The van der Waals surface area contributed by atoms with Crippen LogP contribution in [0, 0.1) is 11.8 Å². The van der Waals surface area contributed by atoms with Crippen LogP contribution in [0.4, 0.5) is 10.7 Å². The molecule has 184 valence electrons. The van der Waals surface area contributed by atoms with Crippen LogP contribution in [0.1, 0.15) is 36.2 Å². The molecule has 34 heavy (non-hydrogen) atoms. The van der Waals surface area contributed by atoms with E-state index in [4.69, 9.17) is 18.9 Å². The molecule has 9 nitrogen and oxygen atoms in total. The summed E-state index contributed by atoms with van der Waals surface area (Å²) >= 11 is 1.28. The van der Waals surface area contributed by atoms with Crippen molar-refractivity contribution < 1.29 is 33.3 Å². The third-order valence-electron chi connectivity index (χ3n) is 5.58. The van der Waals surface area contributed by atoms with Gasteiger partial charge >= 0.3 is 5.97 Å². The van der Waals surface area contributed by atoms with Gasteiger partial charge in [-0.1, -0.05) is 13.8 Å². The first kappa shape index (κ1) is 25.4. The van der Waals surface area contributed by atoms with Gasteiger partial charge in [0.25, 0.3) is 0 Å². The average Bonchev–Trinajstić information content (AvgIpc) is 3.40. The Morgan fingerprint density at radius 1 is 1.12 bits per heavy atom. The quantitative estimate of drug-likeness (QED) is 0.534. The zero-order chi connectivity index (χ0) is 25.0. The summed E-state index contributed by atoms with van der Waals surface area (Å²) in [5.41, 5.74) is 1.75. The Labute approximate surface area is 202 Å². The lowest BCUT2D eigenvalue weighted by molar-refractivity contribution is -0.122. The van der Waals surface area contributed by atoms with Gasteiger partial charge in [0, 0.05) is 25.1 Å². The number of nitrogens with zero attached hydrogens (tertiary/aromatic N) is 1. The zero-order valence-corrected chi connectivity index (χ0v) is 21.0. The predicted octanol–water partition coefficient (Wildman–Crippen LogP) is 3.75. The Bertz CT molecular complexity index is 1050. The van der Waals surface area contributed by atoms with E-state index in [1.807, 2.05) is 5.38 Å². The molecule has 1 atom stereocenters. The van der Waals surface area contributed by atoms with Crippen molar-refractivity contribution >= 4 is 39.8 Å². The fourth-order valence-corrected chi connectivity index (χ4v) is 4.94. The lowest BCUT2D eigenvalue weighted by Gasteiger charge is -2.20. The summed E-state index contributed by atoms with van der Waals surface area (Å²) in [7, 11) is 5.81. The highest BCUT2D eigenvalue weighted by atomic mass is 32.1. The third-order valence-corrected chi connectivity index (χ3v) is 6.52. The maximum atomic E-state index is 13.1. The summed E-state index contributed by atoms with van der Waals surface area (Å²) < 4.78 is 21.0. The lowest BCUT2D eigenvalue weighted by atomic mass is 10.0. The lowest BCUT2D eigenvalue weighted by Crippen LogP contribution is -2.28. The maximum absolute atomic E-state index is 13.1. The van der Waals surface area contributed by atoms with Gasteiger partial charge in [-0.2, -0.15) is 0 Å². The molecule has 0 aliphatic carbocycles. The smallest absolute Gasteiger partial charge is 0.341 e. The van der Waals surface area contributed by atoms with Crippen molar-refractivity contribution in [1.29, 1.82) is 0 Å². The van der Waals surface area contributed by atoms with Gasteiger partial charge in [0.1, 0.15) is 5.00 Å². The number of thiophene rings is 1. The van der Waals surface area contributed by atoms with Gasteiger partial charge in [-0.05, 0) is 23.3 Å². The van der Waals surface area contributed by atoms with E-state index in [1.54, 1.807) is 12.1 Å². The number of esters is 1. The first-order chi connectivity index (χ1) is 16.2. The summed E-state index contributed by atoms with van der Waals surface area (Å²) in [5, 5.41) is 5.15. The van der Waals surface area contributed by atoms with E-state index >= 15 is 0 Å². The Balaban J connectivity index is 1.82. The molecule has 0 bridgehead atoms. The molecular formula is C24H30N2O7S. The van der Waals surface area contributed by atoms with Crippen LogP contribution in [-0.2, 0) is 20.7 Å². The van der Waals surface area contributed by atoms with Crippen LogP contribution in [0.3, 0.4) is 0 Å². The molecule has 10 heteroatoms. The molecule has 0 spiro atoms. The van der Waals surface area contributed by atoms with Crippen LogP contribution >= 0.6 is 11.3 Å². The van der Waals surface area contributed by atoms with E-state index in [0.717, 1.165) is 5.56 Å². The van der Waals surface area contributed by atoms with Crippen molar-refractivity contribution in [1.82, 2.24) is 0 Å². The van der Waals surface area contributed by atoms with Crippen molar-refractivity contribution in [3.8, 4) is 17.2 Å². The molecule has 1 aliphatic heterocycles. The van der Waals surface area contributed by atoms with Crippen LogP contribution in [0.5, 0.6) is 17.2 Å². The number of benzene rings is 1. The molecule has 3 rings (SSSR count). The standard InChI is InChI=1S/C24H30N2O7S/c1-13(2)7-15-12-34-23(20(15)24(29)33-6)25-22(28)14-8-19(27)26(11-14)16-9-17(30-3)21(32-5)18(10-16)31-4/h9-10,12-14H,7-8,11H2,1-6H3,(H,25,28). The zero-order valence-electron chi connectivity index (χ0n) is 20.2. The maximum Gasteiger partial charge on any atom is 0.341 e. The Morgan fingerprint density at radius 2 is 1.76 bits per heavy atom. The van der Waals surface area contributed by atoms with Gasteiger partial charge < -0.3 is 29.2 Å². The van der Waals surface area contributed by atoms with Crippen LogP contribution in [-0.4, -0.2) is 52.8 Å². The number of hydrogen-bond donors (Lipinski definition) is 1. The molecule has 1 unspecified atom stereocenters. The van der Waals surface area contributed by atoms with Crippen LogP contribution in [0.2, 0.25) is 0 Å². The first-order valence-electron chi connectivity index (χ1n) is 10.8. The minimum Gasteiger partial charge on any atom is -0.493 e.